The molecule has 1 fully saturated rings. The van der Waals surface area contributed by atoms with E-state index in [1.54, 1.807) is 0 Å². The molecule has 1 aromatic carbocycles. The van der Waals surface area contributed by atoms with Crippen molar-refractivity contribution in [2.24, 2.45) is 11.7 Å². The van der Waals surface area contributed by atoms with E-state index in [0.29, 0.717) is 6.04 Å². The van der Waals surface area contributed by atoms with Crippen molar-refractivity contribution in [1.82, 2.24) is 4.90 Å². The number of aliphatic hydroxyl groups is 1. The van der Waals surface area contributed by atoms with Crippen LogP contribution < -0.4 is 5.73 Å². The van der Waals surface area contributed by atoms with Crippen molar-refractivity contribution in [2.45, 2.75) is 51.1 Å². The number of rotatable bonds is 6. The number of aliphatic hydroxyl groups excluding tert-OH is 1. The average molecular weight is 290 g/mol. The van der Waals surface area contributed by atoms with E-state index in [9.17, 15) is 5.11 Å². The fraction of sp³-hybridized carbons (Fsp3) is 0.667. The van der Waals surface area contributed by atoms with Crippen LogP contribution in [0, 0.1) is 5.92 Å². The van der Waals surface area contributed by atoms with Gasteiger partial charge in [-0.05, 0) is 64.1 Å². The number of piperidine rings is 1. The molecule has 2 unspecified atom stereocenters. The molecule has 21 heavy (non-hydrogen) atoms. The summed E-state index contributed by atoms with van der Waals surface area (Å²) in [6, 6.07) is 11.3. The number of nitrogens with zero attached hydrogens (tertiary/aromatic N) is 1. The van der Waals surface area contributed by atoms with Gasteiger partial charge in [0.2, 0.25) is 0 Å². The van der Waals surface area contributed by atoms with Crippen LogP contribution in [0.2, 0.25) is 0 Å². The van der Waals surface area contributed by atoms with Crippen molar-refractivity contribution >= 4 is 0 Å². The number of nitrogens with two attached hydrogens (primary N) is 1. The van der Waals surface area contributed by atoms with Gasteiger partial charge in [-0.1, -0.05) is 30.3 Å². The maximum absolute atomic E-state index is 9.30. The average Bonchev–Trinajstić information content (AvgIpc) is 2.48. The normalized spacial score (nSPS) is 21.9. The molecule has 0 radical (unpaired) electrons. The topological polar surface area (TPSA) is 49.5 Å². The lowest BCUT2D eigenvalue weighted by Crippen LogP contribution is -2.49. The van der Waals surface area contributed by atoms with Gasteiger partial charge in [-0.15, -0.1) is 0 Å². The first-order valence-corrected chi connectivity index (χ1v) is 8.18. The monoisotopic (exact) mass is 290 g/mol. The molecule has 0 bridgehead atoms. The number of benzene rings is 1. The molecule has 1 aliphatic rings. The van der Waals surface area contributed by atoms with Crippen LogP contribution in [0.1, 0.15) is 38.7 Å². The Morgan fingerprint density at radius 2 is 1.90 bits per heavy atom. The zero-order valence-electron chi connectivity index (χ0n) is 13.5. The summed E-state index contributed by atoms with van der Waals surface area (Å²) in [7, 11) is 0. The molecule has 1 aromatic rings. The number of hydrogen-bond donors (Lipinski definition) is 2. The van der Waals surface area contributed by atoms with Crippen LogP contribution in [0.15, 0.2) is 30.3 Å². The van der Waals surface area contributed by atoms with E-state index in [4.69, 9.17) is 5.73 Å². The molecular formula is C18H30N2O. The van der Waals surface area contributed by atoms with Crippen LogP contribution >= 0.6 is 0 Å². The van der Waals surface area contributed by atoms with Gasteiger partial charge >= 0.3 is 0 Å². The van der Waals surface area contributed by atoms with Gasteiger partial charge < -0.3 is 15.7 Å². The Labute approximate surface area is 129 Å². The minimum atomic E-state index is -0.458. The second-order valence-corrected chi connectivity index (χ2v) is 7.03. The Balaban J connectivity index is 1.78. The smallest absolute Gasteiger partial charge is 0.0609 e. The molecule has 0 aromatic heterocycles. The fourth-order valence-corrected chi connectivity index (χ4v) is 3.41. The van der Waals surface area contributed by atoms with Crippen LogP contribution in [0.25, 0.3) is 0 Å². The predicted octanol–water partition coefficient (Wildman–Crippen LogP) is 2.43. The molecule has 0 amide bonds. The summed E-state index contributed by atoms with van der Waals surface area (Å²) < 4.78 is 0. The molecule has 0 saturated carbocycles. The molecule has 3 heteroatoms. The van der Waals surface area contributed by atoms with Crippen molar-refractivity contribution in [3.8, 4) is 0 Å². The van der Waals surface area contributed by atoms with Crippen LogP contribution in [0.3, 0.4) is 0 Å². The van der Waals surface area contributed by atoms with Crippen molar-refractivity contribution in [1.29, 1.82) is 0 Å². The molecule has 3 N–H and O–H groups in total. The molecule has 3 nitrogen and oxygen atoms in total. The predicted molar refractivity (Wildman–Crippen MR) is 88.2 cm³/mol. The van der Waals surface area contributed by atoms with Crippen molar-refractivity contribution in [3.63, 3.8) is 0 Å². The maximum Gasteiger partial charge on any atom is 0.0609 e. The summed E-state index contributed by atoms with van der Waals surface area (Å²) >= 11 is 0. The van der Waals surface area contributed by atoms with Gasteiger partial charge in [-0.3, -0.25) is 0 Å². The zero-order chi connectivity index (χ0) is 15.3. The highest BCUT2D eigenvalue weighted by atomic mass is 16.3. The van der Waals surface area contributed by atoms with E-state index in [0.717, 1.165) is 25.4 Å². The third-order valence-corrected chi connectivity index (χ3v) is 4.76. The first-order chi connectivity index (χ1) is 10.00. The molecule has 0 aliphatic carbocycles. The standard InChI is InChI=1S/C18H30N2O/c1-15(13-18(2,19)14-21)20-10-8-17(9-11-20)12-16-6-4-3-5-7-16/h3-7,15,17,21H,8-14,19H2,1-2H3. The van der Waals surface area contributed by atoms with Crippen LogP contribution in [-0.4, -0.2) is 41.3 Å². The Bertz CT molecular complexity index is 410. The zero-order valence-corrected chi connectivity index (χ0v) is 13.5. The SMILES string of the molecule is CC(CC(C)(N)CO)N1CCC(Cc2ccccc2)CC1. The van der Waals surface area contributed by atoms with Gasteiger partial charge in [0.05, 0.1) is 6.61 Å². The first kappa shape index (κ1) is 16.5. The van der Waals surface area contributed by atoms with Crippen LogP contribution in [0.4, 0.5) is 0 Å². The van der Waals surface area contributed by atoms with Crippen molar-refractivity contribution < 1.29 is 5.11 Å². The molecule has 2 rings (SSSR count). The van der Waals surface area contributed by atoms with Gasteiger partial charge in [0.25, 0.3) is 0 Å². The van der Waals surface area contributed by atoms with Gasteiger partial charge in [0.15, 0.2) is 0 Å². The Kier molecular flexibility index (Phi) is 5.80. The summed E-state index contributed by atoms with van der Waals surface area (Å²) in [4.78, 5) is 2.53. The lowest BCUT2D eigenvalue weighted by Gasteiger charge is -2.38. The first-order valence-electron chi connectivity index (χ1n) is 8.18. The Hall–Kier alpha value is -0.900. The molecule has 1 aliphatic heterocycles. The summed E-state index contributed by atoms with van der Waals surface area (Å²) in [5, 5.41) is 9.30. The van der Waals surface area contributed by atoms with E-state index in [1.807, 2.05) is 6.92 Å². The third kappa shape index (κ3) is 5.10. The highest BCUT2D eigenvalue weighted by molar-refractivity contribution is 5.15. The second-order valence-electron chi connectivity index (χ2n) is 7.03. The minimum Gasteiger partial charge on any atom is -0.394 e. The number of likely N-dealkylation sites (tertiary alicyclic amines) is 1. The van der Waals surface area contributed by atoms with E-state index >= 15 is 0 Å². The van der Waals surface area contributed by atoms with E-state index in [-0.39, 0.29) is 6.61 Å². The number of hydrogen-bond acceptors (Lipinski definition) is 3. The molecule has 2 atom stereocenters. The van der Waals surface area contributed by atoms with E-state index in [2.05, 4.69) is 42.2 Å². The third-order valence-electron chi connectivity index (χ3n) is 4.76. The van der Waals surface area contributed by atoms with Gasteiger partial charge in [0.1, 0.15) is 0 Å². The minimum absolute atomic E-state index is 0.0574. The summed E-state index contributed by atoms with van der Waals surface area (Å²) in [6.07, 6.45) is 4.58. The lowest BCUT2D eigenvalue weighted by molar-refractivity contribution is 0.104. The summed E-state index contributed by atoms with van der Waals surface area (Å²) in [6.45, 7) is 6.53. The lowest BCUT2D eigenvalue weighted by atomic mass is 9.88. The molecule has 1 saturated heterocycles. The summed E-state index contributed by atoms with van der Waals surface area (Å²) in [5.41, 5.74) is 7.08. The quantitative estimate of drug-likeness (QED) is 0.846. The van der Waals surface area contributed by atoms with Crippen LogP contribution in [0.5, 0.6) is 0 Å². The van der Waals surface area contributed by atoms with Crippen LogP contribution in [-0.2, 0) is 6.42 Å². The van der Waals surface area contributed by atoms with E-state index in [1.165, 1.54) is 24.8 Å². The second kappa shape index (κ2) is 7.39. The molecule has 118 valence electrons. The maximum atomic E-state index is 9.30. The fourth-order valence-electron chi connectivity index (χ4n) is 3.41. The molecular weight excluding hydrogens is 260 g/mol. The van der Waals surface area contributed by atoms with Gasteiger partial charge in [0, 0.05) is 11.6 Å². The van der Waals surface area contributed by atoms with Gasteiger partial charge in [-0.25, -0.2) is 0 Å². The van der Waals surface area contributed by atoms with Gasteiger partial charge in [-0.2, -0.15) is 0 Å². The van der Waals surface area contributed by atoms with Crippen molar-refractivity contribution in [2.75, 3.05) is 19.7 Å². The van der Waals surface area contributed by atoms with Crippen molar-refractivity contribution in [3.05, 3.63) is 35.9 Å². The molecule has 1 heterocycles. The Morgan fingerprint density at radius 3 is 2.48 bits per heavy atom. The Morgan fingerprint density at radius 1 is 1.29 bits per heavy atom. The highest BCUT2D eigenvalue weighted by Crippen LogP contribution is 2.24. The largest absolute Gasteiger partial charge is 0.394 e. The van der Waals surface area contributed by atoms with E-state index < -0.39 is 5.54 Å². The molecule has 0 spiro atoms. The summed E-state index contributed by atoms with van der Waals surface area (Å²) in [5.74, 6) is 0.804. The highest BCUT2D eigenvalue weighted by Gasteiger charge is 2.27.